The largest absolute Gasteiger partial charge is 0.496 e. The molecule has 24 heavy (non-hydrogen) atoms. The first-order valence-corrected chi connectivity index (χ1v) is 8.18. The lowest BCUT2D eigenvalue weighted by Gasteiger charge is -2.21. The van der Waals surface area contributed by atoms with E-state index in [4.69, 9.17) is 15.0 Å². The van der Waals surface area contributed by atoms with Crippen LogP contribution < -0.4 is 10.5 Å². The first-order chi connectivity index (χ1) is 11.7. The Morgan fingerprint density at radius 3 is 3.04 bits per heavy atom. The van der Waals surface area contributed by atoms with Crippen molar-refractivity contribution in [2.24, 2.45) is 5.73 Å². The Kier molecular flexibility index (Phi) is 5.10. The average Bonchev–Trinajstić information content (AvgIpc) is 3.24. The average molecular weight is 330 g/mol. The maximum Gasteiger partial charge on any atom is 0.290 e. The number of methoxy groups -OCH3 is 1. The molecule has 1 aromatic carbocycles. The summed E-state index contributed by atoms with van der Waals surface area (Å²) < 4.78 is 10.6. The fourth-order valence-corrected chi connectivity index (χ4v) is 3.23. The van der Waals surface area contributed by atoms with Crippen LogP contribution >= 0.6 is 0 Å². The third-order valence-corrected chi connectivity index (χ3v) is 4.39. The number of carbonyl (C=O) groups excluding carboxylic acids is 1. The number of primary amides is 1. The molecule has 7 nitrogen and oxygen atoms in total. The summed E-state index contributed by atoms with van der Waals surface area (Å²) >= 11 is 0. The highest BCUT2D eigenvalue weighted by Gasteiger charge is 2.30. The Morgan fingerprint density at radius 1 is 1.46 bits per heavy atom. The van der Waals surface area contributed by atoms with E-state index in [1.807, 2.05) is 18.2 Å². The van der Waals surface area contributed by atoms with Crippen molar-refractivity contribution in [1.29, 1.82) is 0 Å². The van der Waals surface area contributed by atoms with E-state index in [0.717, 1.165) is 44.5 Å². The number of likely N-dealkylation sites (tertiary alicyclic amines) is 1. The van der Waals surface area contributed by atoms with Crippen molar-refractivity contribution in [3.05, 3.63) is 41.5 Å². The zero-order chi connectivity index (χ0) is 16.9. The van der Waals surface area contributed by atoms with Crippen LogP contribution in [0.5, 0.6) is 5.75 Å². The van der Waals surface area contributed by atoms with Gasteiger partial charge in [-0.15, -0.1) is 0 Å². The zero-order valence-electron chi connectivity index (χ0n) is 13.8. The number of aromatic nitrogens is 2. The zero-order valence-corrected chi connectivity index (χ0v) is 13.8. The molecule has 7 heteroatoms. The molecule has 2 heterocycles. The molecule has 1 amide bonds. The van der Waals surface area contributed by atoms with Crippen LogP contribution in [0.15, 0.2) is 28.8 Å². The predicted octanol–water partition coefficient (Wildman–Crippen LogP) is 1.95. The van der Waals surface area contributed by atoms with E-state index in [9.17, 15) is 4.79 Å². The van der Waals surface area contributed by atoms with Gasteiger partial charge in [-0.25, -0.2) is 0 Å². The van der Waals surface area contributed by atoms with Crippen molar-refractivity contribution in [2.45, 2.75) is 31.7 Å². The Morgan fingerprint density at radius 2 is 2.29 bits per heavy atom. The van der Waals surface area contributed by atoms with Crippen LogP contribution in [0.2, 0.25) is 0 Å². The summed E-state index contributed by atoms with van der Waals surface area (Å²) in [6, 6.07) is 8.16. The van der Waals surface area contributed by atoms with Gasteiger partial charge in [0.15, 0.2) is 0 Å². The molecule has 1 aliphatic heterocycles. The van der Waals surface area contributed by atoms with Gasteiger partial charge in [-0.2, -0.15) is 4.98 Å². The van der Waals surface area contributed by atoms with Gasteiger partial charge in [-0.05, 0) is 50.4 Å². The molecule has 128 valence electrons. The highest BCUT2D eigenvalue weighted by Crippen LogP contribution is 2.31. The smallest absolute Gasteiger partial charge is 0.290 e. The first-order valence-electron chi connectivity index (χ1n) is 8.18. The SMILES string of the molecule is COc1ccccc1CCCN1CCCC1c1nc(C(N)=O)no1. The van der Waals surface area contributed by atoms with Gasteiger partial charge in [-0.1, -0.05) is 23.4 Å². The van der Waals surface area contributed by atoms with E-state index in [1.165, 1.54) is 5.56 Å². The topological polar surface area (TPSA) is 94.5 Å². The van der Waals surface area contributed by atoms with Gasteiger partial charge in [0.1, 0.15) is 5.75 Å². The lowest BCUT2D eigenvalue weighted by Crippen LogP contribution is -2.25. The lowest BCUT2D eigenvalue weighted by molar-refractivity contribution is 0.0987. The van der Waals surface area contributed by atoms with Crippen molar-refractivity contribution >= 4 is 5.91 Å². The molecule has 0 spiro atoms. The van der Waals surface area contributed by atoms with Gasteiger partial charge in [-0.3, -0.25) is 9.69 Å². The highest BCUT2D eigenvalue weighted by molar-refractivity contribution is 5.88. The number of rotatable bonds is 7. The van der Waals surface area contributed by atoms with Crippen molar-refractivity contribution < 1.29 is 14.1 Å². The van der Waals surface area contributed by atoms with Crippen molar-refractivity contribution in [3.8, 4) is 5.75 Å². The second-order valence-electron chi connectivity index (χ2n) is 5.93. The van der Waals surface area contributed by atoms with Gasteiger partial charge in [0, 0.05) is 0 Å². The molecular weight excluding hydrogens is 308 g/mol. The van der Waals surface area contributed by atoms with Crippen molar-refractivity contribution in [1.82, 2.24) is 15.0 Å². The number of nitrogens with two attached hydrogens (primary N) is 1. The molecular formula is C17H22N4O3. The van der Waals surface area contributed by atoms with Crippen LogP contribution in [0, 0.1) is 0 Å². The third-order valence-electron chi connectivity index (χ3n) is 4.39. The number of para-hydroxylation sites is 1. The van der Waals surface area contributed by atoms with Crippen LogP contribution in [-0.2, 0) is 6.42 Å². The fraction of sp³-hybridized carbons (Fsp3) is 0.471. The molecule has 1 saturated heterocycles. The van der Waals surface area contributed by atoms with Crippen LogP contribution in [0.4, 0.5) is 0 Å². The van der Waals surface area contributed by atoms with E-state index < -0.39 is 5.91 Å². The monoisotopic (exact) mass is 330 g/mol. The number of nitrogens with zero attached hydrogens (tertiary/aromatic N) is 3. The molecule has 2 aromatic rings. The molecule has 1 aromatic heterocycles. The molecule has 0 saturated carbocycles. The van der Waals surface area contributed by atoms with Crippen LogP contribution in [0.25, 0.3) is 0 Å². The summed E-state index contributed by atoms with van der Waals surface area (Å²) in [4.78, 5) is 17.6. The van der Waals surface area contributed by atoms with Gasteiger partial charge >= 0.3 is 0 Å². The number of carbonyl (C=O) groups is 1. The molecule has 1 unspecified atom stereocenters. The molecule has 1 atom stereocenters. The number of ether oxygens (including phenoxy) is 1. The number of aryl methyl sites for hydroxylation is 1. The van der Waals surface area contributed by atoms with Gasteiger partial charge in [0.25, 0.3) is 11.7 Å². The lowest BCUT2D eigenvalue weighted by atomic mass is 10.1. The Labute approximate surface area is 140 Å². The van der Waals surface area contributed by atoms with Gasteiger partial charge in [0.05, 0.1) is 13.2 Å². The van der Waals surface area contributed by atoms with E-state index >= 15 is 0 Å². The number of amides is 1. The normalized spacial score (nSPS) is 18.0. The van der Waals surface area contributed by atoms with Crippen LogP contribution in [0.1, 0.15) is 47.4 Å². The highest BCUT2D eigenvalue weighted by atomic mass is 16.5. The summed E-state index contributed by atoms with van der Waals surface area (Å²) in [5.41, 5.74) is 6.40. The second-order valence-corrected chi connectivity index (χ2v) is 5.93. The minimum Gasteiger partial charge on any atom is -0.496 e. The molecule has 3 rings (SSSR count). The van der Waals surface area contributed by atoms with E-state index in [0.29, 0.717) is 5.89 Å². The summed E-state index contributed by atoms with van der Waals surface area (Å²) in [7, 11) is 1.70. The Hall–Kier alpha value is -2.41. The predicted molar refractivity (Wildman–Crippen MR) is 87.7 cm³/mol. The molecule has 1 aliphatic rings. The van der Waals surface area contributed by atoms with Crippen LogP contribution in [-0.4, -0.2) is 41.1 Å². The van der Waals surface area contributed by atoms with Gasteiger partial charge < -0.3 is 15.0 Å². The molecule has 2 N–H and O–H groups in total. The van der Waals surface area contributed by atoms with Crippen LogP contribution in [0.3, 0.4) is 0 Å². The summed E-state index contributed by atoms with van der Waals surface area (Å²) in [6.07, 6.45) is 3.99. The molecule has 0 bridgehead atoms. The Balaban J connectivity index is 1.59. The fourth-order valence-electron chi connectivity index (χ4n) is 3.23. The molecule has 0 radical (unpaired) electrons. The van der Waals surface area contributed by atoms with Gasteiger partial charge in [0.2, 0.25) is 5.89 Å². The maximum atomic E-state index is 11.1. The second kappa shape index (κ2) is 7.44. The number of benzene rings is 1. The summed E-state index contributed by atoms with van der Waals surface area (Å²) in [5.74, 6) is 0.702. The summed E-state index contributed by atoms with van der Waals surface area (Å²) in [5, 5.41) is 3.64. The quantitative estimate of drug-likeness (QED) is 0.834. The molecule has 0 aliphatic carbocycles. The maximum absolute atomic E-state index is 11.1. The van der Waals surface area contributed by atoms with E-state index in [-0.39, 0.29) is 11.9 Å². The minimum absolute atomic E-state index is 0.0501. The van der Waals surface area contributed by atoms with E-state index in [1.54, 1.807) is 7.11 Å². The standard InChI is InChI=1S/C17H22N4O3/c1-23-14-9-3-2-6-12(14)7-4-10-21-11-5-8-13(21)17-19-16(15(18)22)20-24-17/h2-3,6,9,13H,4-5,7-8,10-11H2,1H3,(H2,18,22). The molecule has 1 fully saturated rings. The number of hydrogen-bond donors (Lipinski definition) is 1. The minimum atomic E-state index is -0.661. The number of hydrogen-bond acceptors (Lipinski definition) is 6. The third kappa shape index (κ3) is 3.56. The van der Waals surface area contributed by atoms with E-state index in [2.05, 4.69) is 21.1 Å². The van der Waals surface area contributed by atoms with Crippen molar-refractivity contribution in [3.63, 3.8) is 0 Å². The Bertz CT molecular complexity index is 701. The first kappa shape index (κ1) is 16.4. The van der Waals surface area contributed by atoms with Crippen molar-refractivity contribution in [2.75, 3.05) is 20.2 Å². The summed E-state index contributed by atoms with van der Waals surface area (Å²) in [6.45, 7) is 1.92.